The van der Waals surface area contributed by atoms with E-state index >= 15 is 0 Å². The number of rotatable bonds is 6. The number of terminal acetylenes is 1. The molecule has 2 rings (SSSR count). The van der Waals surface area contributed by atoms with Crippen LogP contribution < -0.4 is 10.6 Å². The van der Waals surface area contributed by atoms with Crippen molar-refractivity contribution in [2.24, 2.45) is 0 Å². The van der Waals surface area contributed by atoms with Crippen molar-refractivity contribution in [2.45, 2.75) is 13.5 Å². The predicted molar refractivity (Wildman–Crippen MR) is 94.2 cm³/mol. The number of hydrogen-bond acceptors (Lipinski definition) is 5. The molecule has 0 fully saturated rings. The van der Waals surface area contributed by atoms with E-state index < -0.39 is 0 Å². The largest absolute Gasteiger partial charge is 0.363 e. The van der Waals surface area contributed by atoms with E-state index in [-0.39, 0.29) is 0 Å². The molecule has 2 heterocycles. The SMILES string of the molecule is C#CCN(C)Cc1cn(-c2cc(NC(=S)NCC)ncn2)cn1. The average Bonchev–Trinajstić information content (AvgIpc) is 2.96. The monoisotopic (exact) mass is 329 g/mol. The summed E-state index contributed by atoms with van der Waals surface area (Å²) < 4.78 is 1.84. The molecule has 2 N–H and O–H groups in total. The molecule has 0 unspecified atom stereocenters. The molecule has 0 aliphatic rings. The molecule has 0 aliphatic carbocycles. The Hall–Kier alpha value is -2.50. The maximum absolute atomic E-state index is 5.30. The second-order valence-electron chi connectivity index (χ2n) is 4.89. The van der Waals surface area contributed by atoms with Crippen molar-refractivity contribution in [3.63, 3.8) is 0 Å². The lowest BCUT2D eigenvalue weighted by Gasteiger charge is -2.10. The lowest BCUT2D eigenvalue weighted by Crippen LogP contribution is -2.28. The van der Waals surface area contributed by atoms with Crippen molar-refractivity contribution in [3.8, 4) is 18.2 Å². The fourth-order valence-corrected chi connectivity index (χ4v) is 2.19. The molecule has 0 radical (unpaired) electrons. The standard InChI is InChI=1S/C15H19N7S/c1-4-6-21(3)8-12-9-22(11-19-12)14-7-13(17-10-18-14)20-15(23)16-5-2/h1,7,9-11H,5-6,8H2,2-3H3,(H2,16,17,18,20,23). The van der Waals surface area contributed by atoms with E-state index in [1.165, 1.54) is 6.33 Å². The highest BCUT2D eigenvalue weighted by Crippen LogP contribution is 2.10. The summed E-state index contributed by atoms with van der Waals surface area (Å²) in [6.45, 7) is 3.98. The van der Waals surface area contributed by atoms with Gasteiger partial charge in [0.1, 0.15) is 24.3 Å². The van der Waals surface area contributed by atoms with Gasteiger partial charge in [0.15, 0.2) is 5.11 Å². The van der Waals surface area contributed by atoms with Crippen LogP contribution in [0.25, 0.3) is 5.82 Å². The summed E-state index contributed by atoms with van der Waals surface area (Å²) in [6, 6.07) is 1.81. The zero-order chi connectivity index (χ0) is 16.7. The van der Waals surface area contributed by atoms with Crippen molar-refractivity contribution in [1.29, 1.82) is 0 Å². The lowest BCUT2D eigenvalue weighted by molar-refractivity contribution is 0.365. The van der Waals surface area contributed by atoms with Gasteiger partial charge in [-0.25, -0.2) is 15.0 Å². The number of hydrogen-bond donors (Lipinski definition) is 2. The molecule has 0 aromatic carbocycles. The Labute approximate surface area is 141 Å². The molecule has 2 aromatic heterocycles. The van der Waals surface area contributed by atoms with E-state index in [1.807, 2.05) is 29.6 Å². The summed E-state index contributed by atoms with van der Waals surface area (Å²) in [7, 11) is 1.95. The fraction of sp³-hybridized carbons (Fsp3) is 0.333. The molecule has 23 heavy (non-hydrogen) atoms. The molecule has 7 nitrogen and oxygen atoms in total. The molecule has 0 amide bonds. The van der Waals surface area contributed by atoms with Gasteiger partial charge in [0.25, 0.3) is 0 Å². The second kappa shape index (κ2) is 8.22. The Morgan fingerprint density at radius 2 is 2.26 bits per heavy atom. The average molecular weight is 329 g/mol. The van der Waals surface area contributed by atoms with Crippen LogP contribution >= 0.6 is 12.2 Å². The van der Waals surface area contributed by atoms with Crippen molar-refractivity contribution >= 4 is 23.1 Å². The maximum atomic E-state index is 5.30. The van der Waals surface area contributed by atoms with Gasteiger partial charge in [0.05, 0.1) is 12.2 Å². The molecule has 0 spiro atoms. The summed E-state index contributed by atoms with van der Waals surface area (Å²) in [6.07, 6.45) is 10.4. The van der Waals surface area contributed by atoms with Crippen LogP contribution in [0.4, 0.5) is 5.82 Å². The van der Waals surface area contributed by atoms with Gasteiger partial charge in [-0.1, -0.05) is 5.92 Å². The topological polar surface area (TPSA) is 70.9 Å². The minimum Gasteiger partial charge on any atom is -0.363 e. The third-order valence-corrected chi connectivity index (χ3v) is 3.17. The predicted octanol–water partition coefficient (Wildman–Crippen LogP) is 1.03. The highest BCUT2D eigenvalue weighted by molar-refractivity contribution is 7.80. The van der Waals surface area contributed by atoms with E-state index in [9.17, 15) is 0 Å². The summed E-state index contributed by atoms with van der Waals surface area (Å²) in [4.78, 5) is 14.8. The summed E-state index contributed by atoms with van der Waals surface area (Å²) in [5.41, 5.74) is 0.916. The molecular formula is C15H19N7S. The van der Waals surface area contributed by atoms with Gasteiger partial charge in [-0.3, -0.25) is 9.47 Å². The van der Waals surface area contributed by atoms with Crippen LogP contribution in [0.2, 0.25) is 0 Å². The van der Waals surface area contributed by atoms with Gasteiger partial charge in [-0.15, -0.1) is 6.42 Å². The van der Waals surface area contributed by atoms with Gasteiger partial charge >= 0.3 is 0 Å². The smallest absolute Gasteiger partial charge is 0.171 e. The van der Waals surface area contributed by atoms with Gasteiger partial charge in [0, 0.05) is 25.4 Å². The first kappa shape index (κ1) is 16.9. The third kappa shape index (κ3) is 5.02. The van der Waals surface area contributed by atoms with E-state index in [0.717, 1.165) is 12.2 Å². The number of thiocarbonyl (C=S) groups is 1. The van der Waals surface area contributed by atoms with Gasteiger partial charge in [-0.05, 0) is 26.2 Å². The van der Waals surface area contributed by atoms with Gasteiger partial charge in [-0.2, -0.15) is 0 Å². The van der Waals surface area contributed by atoms with Crippen LogP contribution in [0, 0.1) is 12.3 Å². The second-order valence-corrected chi connectivity index (χ2v) is 5.30. The van der Waals surface area contributed by atoms with Gasteiger partial charge in [0.2, 0.25) is 0 Å². The minimum absolute atomic E-state index is 0.527. The van der Waals surface area contributed by atoms with E-state index in [4.69, 9.17) is 18.6 Å². The Morgan fingerprint density at radius 3 is 3.00 bits per heavy atom. The Balaban J connectivity index is 2.09. The molecule has 2 aromatic rings. The molecule has 0 saturated heterocycles. The van der Waals surface area contributed by atoms with Gasteiger partial charge < -0.3 is 10.6 Å². The summed E-state index contributed by atoms with van der Waals surface area (Å²) in [5.74, 6) is 3.94. The molecule has 0 aliphatic heterocycles. The Bertz CT molecular complexity index is 704. The summed E-state index contributed by atoms with van der Waals surface area (Å²) in [5, 5.41) is 6.55. The Kier molecular flexibility index (Phi) is 6.02. The van der Waals surface area contributed by atoms with Crippen LogP contribution in [-0.4, -0.2) is 49.7 Å². The van der Waals surface area contributed by atoms with Crippen LogP contribution in [0.15, 0.2) is 24.9 Å². The first-order valence-electron chi connectivity index (χ1n) is 7.14. The molecule has 0 saturated carbocycles. The molecule has 0 atom stereocenters. The molecule has 8 heteroatoms. The summed E-state index contributed by atoms with van der Waals surface area (Å²) >= 11 is 5.15. The first-order valence-corrected chi connectivity index (χ1v) is 7.55. The number of aromatic nitrogens is 4. The van der Waals surface area contributed by atoms with E-state index in [0.29, 0.717) is 29.8 Å². The third-order valence-electron chi connectivity index (χ3n) is 2.93. The quantitative estimate of drug-likeness (QED) is 0.606. The number of nitrogens with one attached hydrogen (secondary N) is 2. The molecular weight excluding hydrogens is 310 g/mol. The zero-order valence-electron chi connectivity index (χ0n) is 13.2. The van der Waals surface area contributed by atoms with Crippen molar-refractivity contribution in [2.75, 3.05) is 25.5 Å². The molecule has 120 valence electrons. The highest BCUT2D eigenvalue weighted by atomic mass is 32.1. The number of nitrogens with zero attached hydrogens (tertiary/aromatic N) is 5. The normalized spacial score (nSPS) is 10.3. The van der Waals surface area contributed by atoms with Crippen molar-refractivity contribution in [1.82, 2.24) is 29.7 Å². The minimum atomic E-state index is 0.527. The van der Waals surface area contributed by atoms with Crippen molar-refractivity contribution < 1.29 is 0 Å². The fourth-order valence-electron chi connectivity index (χ4n) is 1.94. The maximum Gasteiger partial charge on any atom is 0.171 e. The number of anilines is 1. The van der Waals surface area contributed by atoms with Crippen molar-refractivity contribution in [3.05, 3.63) is 30.6 Å². The lowest BCUT2D eigenvalue weighted by atomic mass is 10.4. The van der Waals surface area contributed by atoms with Crippen LogP contribution in [-0.2, 0) is 6.54 Å². The highest BCUT2D eigenvalue weighted by Gasteiger charge is 2.06. The molecule has 0 bridgehead atoms. The van der Waals surface area contributed by atoms with E-state index in [2.05, 4.69) is 31.5 Å². The van der Waals surface area contributed by atoms with Crippen LogP contribution in [0.1, 0.15) is 12.6 Å². The van der Waals surface area contributed by atoms with Crippen LogP contribution in [0.5, 0.6) is 0 Å². The Morgan fingerprint density at radius 1 is 1.43 bits per heavy atom. The first-order chi connectivity index (χ1) is 11.1. The van der Waals surface area contributed by atoms with E-state index in [1.54, 1.807) is 12.4 Å². The zero-order valence-corrected chi connectivity index (χ0v) is 14.0. The van der Waals surface area contributed by atoms with Crippen LogP contribution in [0.3, 0.4) is 0 Å². The number of imidazole rings is 1.